The number of anilines is 1. The Labute approximate surface area is 158 Å². The zero-order valence-corrected chi connectivity index (χ0v) is 16.5. The summed E-state index contributed by atoms with van der Waals surface area (Å²) in [7, 11) is 1.73. The highest BCUT2D eigenvalue weighted by molar-refractivity contribution is 5.94. The van der Waals surface area contributed by atoms with Crippen molar-refractivity contribution in [3.8, 4) is 0 Å². The van der Waals surface area contributed by atoms with Gasteiger partial charge in [-0.15, -0.1) is 0 Å². The van der Waals surface area contributed by atoms with E-state index in [-0.39, 0.29) is 24.7 Å². The summed E-state index contributed by atoms with van der Waals surface area (Å²) in [6.45, 7) is 2.70. The van der Waals surface area contributed by atoms with E-state index in [4.69, 9.17) is 4.74 Å². The van der Waals surface area contributed by atoms with Gasteiger partial charge >= 0.3 is 5.97 Å². The number of carbonyl (C=O) groups excluding carboxylic acids is 2. The molecule has 0 aliphatic carbocycles. The van der Waals surface area contributed by atoms with E-state index in [0.717, 1.165) is 18.5 Å². The maximum atomic E-state index is 12.1. The normalized spacial score (nSPS) is 10.5. The maximum Gasteiger partial charge on any atom is 0.306 e. The number of rotatable bonds is 14. The maximum absolute atomic E-state index is 12.1. The highest BCUT2D eigenvalue weighted by Crippen LogP contribution is 2.13. The van der Waals surface area contributed by atoms with E-state index in [2.05, 4.69) is 6.92 Å². The molecule has 0 radical (unpaired) electrons. The van der Waals surface area contributed by atoms with E-state index in [1.165, 1.54) is 44.9 Å². The summed E-state index contributed by atoms with van der Waals surface area (Å²) in [5, 5.41) is 0. The zero-order valence-electron chi connectivity index (χ0n) is 16.5. The van der Waals surface area contributed by atoms with Gasteiger partial charge in [0.2, 0.25) is 5.91 Å². The number of benzene rings is 1. The smallest absolute Gasteiger partial charge is 0.306 e. The van der Waals surface area contributed by atoms with Gasteiger partial charge in [0, 0.05) is 19.2 Å². The Morgan fingerprint density at radius 2 is 1.42 bits per heavy atom. The Morgan fingerprint density at radius 3 is 2.04 bits per heavy atom. The van der Waals surface area contributed by atoms with E-state index in [0.29, 0.717) is 6.61 Å². The number of amides is 1. The Kier molecular flexibility index (Phi) is 12.2. The van der Waals surface area contributed by atoms with Crippen LogP contribution in [-0.2, 0) is 14.3 Å². The molecule has 0 unspecified atom stereocenters. The second-order valence-electron chi connectivity index (χ2n) is 6.84. The Hall–Kier alpha value is -1.84. The molecule has 0 bridgehead atoms. The number of nitrogens with zero attached hydrogens (tertiary/aromatic N) is 1. The fraction of sp³-hybridized carbons (Fsp3) is 0.636. The van der Waals surface area contributed by atoms with Crippen LogP contribution in [0.5, 0.6) is 0 Å². The summed E-state index contributed by atoms with van der Waals surface area (Å²) >= 11 is 0. The molecular weight excluding hydrogens is 326 g/mol. The molecule has 0 atom stereocenters. The fourth-order valence-corrected chi connectivity index (χ4v) is 2.84. The first kappa shape index (κ1) is 22.2. The summed E-state index contributed by atoms with van der Waals surface area (Å²) < 4.78 is 5.23. The summed E-state index contributed by atoms with van der Waals surface area (Å²) in [5.41, 5.74) is 0.834. The van der Waals surface area contributed by atoms with Gasteiger partial charge in [0.1, 0.15) is 0 Å². The molecular formula is C22H35NO3. The number of hydrogen-bond acceptors (Lipinski definition) is 3. The zero-order chi connectivity index (χ0) is 19.0. The quantitative estimate of drug-likeness (QED) is 0.324. The van der Waals surface area contributed by atoms with E-state index >= 15 is 0 Å². The minimum Gasteiger partial charge on any atom is -0.466 e. The molecule has 0 heterocycles. The standard InChI is InChI=1S/C22H35NO3/c1-3-4-5-6-7-8-9-10-14-19-26-22(25)18-17-21(24)23(2)20-15-12-11-13-16-20/h11-13,15-16H,3-10,14,17-19H2,1-2H3. The number of unbranched alkanes of at least 4 members (excludes halogenated alkanes) is 8. The van der Waals surface area contributed by atoms with E-state index in [1.807, 2.05) is 30.3 Å². The minimum absolute atomic E-state index is 0.0729. The average molecular weight is 362 g/mol. The molecule has 0 fully saturated rings. The number of para-hydroxylation sites is 1. The number of hydrogen-bond donors (Lipinski definition) is 0. The van der Waals surface area contributed by atoms with Crippen LogP contribution >= 0.6 is 0 Å². The van der Waals surface area contributed by atoms with Crippen molar-refractivity contribution in [2.75, 3.05) is 18.6 Å². The molecule has 0 saturated heterocycles. The van der Waals surface area contributed by atoms with Crippen LogP contribution in [0, 0.1) is 0 Å². The van der Waals surface area contributed by atoms with Crippen molar-refractivity contribution < 1.29 is 14.3 Å². The molecule has 0 aliphatic heterocycles. The lowest BCUT2D eigenvalue weighted by molar-refractivity contribution is -0.144. The van der Waals surface area contributed by atoms with Crippen LogP contribution in [-0.4, -0.2) is 25.5 Å². The SMILES string of the molecule is CCCCCCCCCCCOC(=O)CCC(=O)N(C)c1ccccc1. The van der Waals surface area contributed by atoms with E-state index in [9.17, 15) is 9.59 Å². The summed E-state index contributed by atoms with van der Waals surface area (Å²) in [4.78, 5) is 25.4. The van der Waals surface area contributed by atoms with Crippen LogP contribution in [0.25, 0.3) is 0 Å². The van der Waals surface area contributed by atoms with Crippen molar-refractivity contribution >= 4 is 17.6 Å². The van der Waals surface area contributed by atoms with Gasteiger partial charge in [-0.05, 0) is 18.6 Å². The van der Waals surface area contributed by atoms with Gasteiger partial charge in [0.05, 0.1) is 13.0 Å². The lowest BCUT2D eigenvalue weighted by atomic mass is 10.1. The molecule has 0 aromatic heterocycles. The van der Waals surface area contributed by atoms with Crippen molar-refractivity contribution in [2.45, 2.75) is 77.6 Å². The summed E-state index contributed by atoms with van der Waals surface area (Å²) in [5.74, 6) is -0.351. The van der Waals surface area contributed by atoms with Gasteiger partial charge in [-0.1, -0.05) is 76.5 Å². The molecule has 1 rings (SSSR count). The van der Waals surface area contributed by atoms with Gasteiger partial charge in [-0.25, -0.2) is 0 Å². The second-order valence-corrected chi connectivity index (χ2v) is 6.84. The molecule has 0 saturated carbocycles. The Bertz CT molecular complexity index is 501. The highest BCUT2D eigenvalue weighted by Gasteiger charge is 2.13. The van der Waals surface area contributed by atoms with Gasteiger partial charge < -0.3 is 9.64 Å². The third-order valence-corrected chi connectivity index (χ3v) is 4.57. The summed E-state index contributed by atoms with van der Waals surface area (Å²) in [6.07, 6.45) is 11.5. The number of carbonyl (C=O) groups is 2. The van der Waals surface area contributed by atoms with Crippen molar-refractivity contribution in [3.05, 3.63) is 30.3 Å². The van der Waals surface area contributed by atoms with Gasteiger partial charge in [0.15, 0.2) is 0 Å². The van der Waals surface area contributed by atoms with Gasteiger partial charge in [-0.3, -0.25) is 9.59 Å². The van der Waals surface area contributed by atoms with Crippen molar-refractivity contribution in [1.29, 1.82) is 0 Å². The lowest BCUT2D eigenvalue weighted by Crippen LogP contribution is -2.26. The average Bonchev–Trinajstić information content (AvgIpc) is 2.67. The third-order valence-electron chi connectivity index (χ3n) is 4.57. The molecule has 4 heteroatoms. The first-order valence-electron chi connectivity index (χ1n) is 10.1. The van der Waals surface area contributed by atoms with Crippen molar-refractivity contribution in [3.63, 3.8) is 0 Å². The van der Waals surface area contributed by atoms with Crippen LogP contribution in [0.15, 0.2) is 30.3 Å². The Balaban J connectivity index is 2.01. The highest BCUT2D eigenvalue weighted by atomic mass is 16.5. The van der Waals surface area contributed by atoms with Crippen molar-refractivity contribution in [1.82, 2.24) is 0 Å². The predicted octanol–water partition coefficient (Wildman–Crippen LogP) is 5.50. The van der Waals surface area contributed by atoms with Crippen LogP contribution in [0.1, 0.15) is 77.6 Å². The molecule has 0 spiro atoms. The largest absolute Gasteiger partial charge is 0.466 e. The second kappa shape index (κ2) is 14.3. The molecule has 0 N–H and O–H groups in total. The lowest BCUT2D eigenvalue weighted by Gasteiger charge is -2.16. The van der Waals surface area contributed by atoms with E-state index < -0.39 is 0 Å². The van der Waals surface area contributed by atoms with Crippen LogP contribution in [0.3, 0.4) is 0 Å². The van der Waals surface area contributed by atoms with Crippen LogP contribution in [0.4, 0.5) is 5.69 Å². The molecule has 0 aliphatic rings. The minimum atomic E-state index is -0.278. The molecule has 26 heavy (non-hydrogen) atoms. The first-order valence-corrected chi connectivity index (χ1v) is 10.1. The molecule has 1 amide bonds. The van der Waals surface area contributed by atoms with Gasteiger partial charge in [-0.2, -0.15) is 0 Å². The third kappa shape index (κ3) is 10.2. The Morgan fingerprint density at radius 1 is 0.846 bits per heavy atom. The molecule has 1 aromatic carbocycles. The van der Waals surface area contributed by atoms with E-state index in [1.54, 1.807) is 11.9 Å². The van der Waals surface area contributed by atoms with Crippen LogP contribution < -0.4 is 4.90 Å². The molecule has 1 aromatic rings. The number of esters is 1. The first-order chi connectivity index (χ1) is 12.6. The molecule has 146 valence electrons. The molecule has 4 nitrogen and oxygen atoms in total. The van der Waals surface area contributed by atoms with Crippen molar-refractivity contribution in [2.24, 2.45) is 0 Å². The summed E-state index contributed by atoms with van der Waals surface area (Å²) in [6, 6.07) is 9.43. The van der Waals surface area contributed by atoms with Crippen LogP contribution in [0.2, 0.25) is 0 Å². The monoisotopic (exact) mass is 361 g/mol. The number of ether oxygens (including phenoxy) is 1. The van der Waals surface area contributed by atoms with Gasteiger partial charge in [0.25, 0.3) is 0 Å². The predicted molar refractivity (Wildman–Crippen MR) is 107 cm³/mol. The topological polar surface area (TPSA) is 46.6 Å². The fourth-order valence-electron chi connectivity index (χ4n) is 2.84.